The number of aliphatic hydroxyl groups excluding tert-OH is 6. The lowest BCUT2D eigenvalue weighted by molar-refractivity contribution is -0.324. The van der Waals surface area contributed by atoms with Crippen LogP contribution in [0.4, 0.5) is 0 Å². The molecule has 1 saturated heterocycles. The third-order valence-electron chi connectivity index (χ3n) is 3.55. The van der Waals surface area contributed by atoms with Gasteiger partial charge in [-0.3, -0.25) is 0 Å². The summed E-state index contributed by atoms with van der Waals surface area (Å²) in [6.45, 7) is -1.03. The third-order valence-corrected chi connectivity index (χ3v) is 3.55. The maximum Gasteiger partial charge on any atom is 0.187 e. The molecule has 9 heteroatoms. The summed E-state index contributed by atoms with van der Waals surface area (Å²) in [6, 6.07) is 0. The van der Waals surface area contributed by atoms with Crippen molar-refractivity contribution in [1.29, 1.82) is 0 Å². The van der Waals surface area contributed by atoms with Gasteiger partial charge in [-0.2, -0.15) is 0 Å². The van der Waals surface area contributed by atoms with Crippen LogP contribution in [0.3, 0.4) is 0 Å². The molecule has 21 heavy (non-hydrogen) atoms. The first-order valence-electron chi connectivity index (χ1n) is 6.56. The Kier molecular flexibility index (Phi) is 5.52. The molecule has 2 heterocycles. The molecule has 8 atom stereocenters. The Balaban J connectivity index is 2.08. The van der Waals surface area contributed by atoms with Crippen LogP contribution in [0.25, 0.3) is 0 Å². The Morgan fingerprint density at radius 3 is 2.19 bits per heavy atom. The number of rotatable bonds is 4. The molecule has 0 bridgehead atoms. The highest BCUT2D eigenvalue weighted by Gasteiger charge is 2.46. The minimum Gasteiger partial charge on any atom is -0.493 e. The SMILES string of the molecule is OC[C@H]1O[C@H](O[C@H]2[C@H](O)C=CO[C@@H]2CO)[C@H](O)[C@@H](O)[C@@H]1O. The molecule has 0 aromatic rings. The summed E-state index contributed by atoms with van der Waals surface area (Å²) in [4.78, 5) is 0. The van der Waals surface area contributed by atoms with E-state index in [0.717, 1.165) is 0 Å². The van der Waals surface area contributed by atoms with Crippen molar-refractivity contribution >= 4 is 0 Å². The van der Waals surface area contributed by atoms with Crippen LogP contribution in [-0.2, 0) is 14.2 Å². The number of aliphatic hydroxyl groups is 6. The minimum atomic E-state index is -1.58. The molecule has 0 aliphatic carbocycles. The van der Waals surface area contributed by atoms with E-state index >= 15 is 0 Å². The van der Waals surface area contributed by atoms with E-state index in [1.165, 1.54) is 12.3 Å². The van der Waals surface area contributed by atoms with E-state index < -0.39 is 62.2 Å². The van der Waals surface area contributed by atoms with Crippen LogP contribution in [0.5, 0.6) is 0 Å². The van der Waals surface area contributed by atoms with E-state index in [1.807, 2.05) is 0 Å². The number of hydrogen-bond donors (Lipinski definition) is 6. The highest BCUT2D eigenvalue weighted by molar-refractivity contribution is 4.99. The van der Waals surface area contributed by atoms with Crippen molar-refractivity contribution in [3.63, 3.8) is 0 Å². The quantitative estimate of drug-likeness (QED) is 0.310. The molecule has 0 radical (unpaired) electrons. The molecule has 0 aromatic carbocycles. The number of hydrogen-bond acceptors (Lipinski definition) is 9. The average molecular weight is 308 g/mol. The molecule has 2 rings (SSSR count). The van der Waals surface area contributed by atoms with Crippen LogP contribution >= 0.6 is 0 Å². The fourth-order valence-corrected chi connectivity index (χ4v) is 2.28. The fourth-order valence-electron chi connectivity index (χ4n) is 2.28. The second-order valence-electron chi connectivity index (χ2n) is 4.97. The van der Waals surface area contributed by atoms with Crippen molar-refractivity contribution in [2.45, 2.75) is 49.0 Å². The Bertz CT molecular complexity index is 361. The Morgan fingerprint density at radius 1 is 0.905 bits per heavy atom. The topological polar surface area (TPSA) is 149 Å². The van der Waals surface area contributed by atoms with Gasteiger partial charge < -0.3 is 44.8 Å². The highest BCUT2D eigenvalue weighted by Crippen LogP contribution is 2.26. The molecule has 2 aliphatic heterocycles. The van der Waals surface area contributed by atoms with Crippen LogP contribution in [0, 0.1) is 0 Å². The van der Waals surface area contributed by atoms with Crippen LogP contribution in [0.2, 0.25) is 0 Å². The zero-order valence-electron chi connectivity index (χ0n) is 11.1. The first kappa shape index (κ1) is 16.6. The molecule has 0 spiro atoms. The van der Waals surface area contributed by atoms with Crippen molar-refractivity contribution in [3.8, 4) is 0 Å². The van der Waals surface area contributed by atoms with Gasteiger partial charge in [0.25, 0.3) is 0 Å². The van der Waals surface area contributed by atoms with E-state index in [0.29, 0.717) is 0 Å². The smallest absolute Gasteiger partial charge is 0.187 e. The molecule has 0 aromatic heterocycles. The predicted molar refractivity (Wildman–Crippen MR) is 65.7 cm³/mol. The molecule has 0 saturated carbocycles. The predicted octanol–water partition coefficient (Wildman–Crippen LogP) is -3.56. The molecule has 1 fully saturated rings. The molecule has 0 unspecified atom stereocenters. The van der Waals surface area contributed by atoms with E-state index in [-0.39, 0.29) is 0 Å². The van der Waals surface area contributed by atoms with Gasteiger partial charge in [-0.1, -0.05) is 0 Å². The molecule has 0 amide bonds. The van der Waals surface area contributed by atoms with E-state index in [9.17, 15) is 25.5 Å². The third kappa shape index (κ3) is 3.35. The van der Waals surface area contributed by atoms with Crippen LogP contribution < -0.4 is 0 Å². The maximum absolute atomic E-state index is 9.85. The molecule has 122 valence electrons. The Morgan fingerprint density at radius 2 is 1.57 bits per heavy atom. The van der Waals surface area contributed by atoms with Gasteiger partial charge in [0.15, 0.2) is 6.29 Å². The van der Waals surface area contributed by atoms with Crippen molar-refractivity contribution in [3.05, 3.63) is 12.3 Å². The zero-order valence-corrected chi connectivity index (χ0v) is 11.1. The lowest BCUT2D eigenvalue weighted by Crippen LogP contribution is -2.61. The summed E-state index contributed by atoms with van der Waals surface area (Å²) in [5.74, 6) is 0. The fraction of sp³-hybridized carbons (Fsp3) is 0.833. The second kappa shape index (κ2) is 6.99. The largest absolute Gasteiger partial charge is 0.493 e. The number of ether oxygens (including phenoxy) is 3. The van der Waals surface area contributed by atoms with Crippen LogP contribution in [-0.4, -0.2) is 92.9 Å². The van der Waals surface area contributed by atoms with Crippen molar-refractivity contribution in [1.82, 2.24) is 0 Å². The molecule has 9 nitrogen and oxygen atoms in total. The van der Waals surface area contributed by atoms with E-state index in [2.05, 4.69) is 0 Å². The van der Waals surface area contributed by atoms with Crippen molar-refractivity contribution in [2.24, 2.45) is 0 Å². The summed E-state index contributed by atoms with van der Waals surface area (Å²) in [5, 5.41) is 57.3. The first-order chi connectivity index (χ1) is 9.99. The van der Waals surface area contributed by atoms with Gasteiger partial charge in [0, 0.05) is 0 Å². The van der Waals surface area contributed by atoms with Crippen molar-refractivity contribution < 1.29 is 44.8 Å². The zero-order chi connectivity index (χ0) is 15.6. The van der Waals surface area contributed by atoms with Crippen LogP contribution in [0.1, 0.15) is 0 Å². The van der Waals surface area contributed by atoms with Crippen molar-refractivity contribution in [2.75, 3.05) is 13.2 Å². The standard InChI is InChI=1S/C12H20O9/c13-3-6-8(16)9(17)10(18)12(20-6)21-11-5(15)1-2-19-7(11)4-14/h1-2,5-18H,3-4H2/t5-,6-,7-,8-,9+,10-,11+,12-/m1/s1. The Hall–Kier alpha value is -0.780. The summed E-state index contributed by atoms with van der Waals surface area (Å²) >= 11 is 0. The summed E-state index contributed by atoms with van der Waals surface area (Å²) < 4.78 is 15.6. The lowest BCUT2D eigenvalue weighted by atomic mass is 9.99. The summed E-state index contributed by atoms with van der Waals surface area (Å²) in [5.41, 5.74) is 0. The van der Waals surface area contributed by atoms with Gasteiger partial charge >= 0.3 is 0 Å². The highest BCUT2D eigenvalue weighted by atomic mass is 16.7. The molecular formula is C12H20O9. The van der Waals surface area contributed by atoms with Gasteiger partial charge in [0.1, 0.15) is 42.7 Å². The van der Waals surface area contributed by atoms with Gasteiger partial charge in [0.05, 0.1) is 19.5 Å². The second-order valence-corrected chi connectivity index (χ2v) is 4.97. The molecule has 2 aliphatic rings. The molecule has 6 N–H and O–H groups in total. The average Bonchev–Trinajstić information content (AvgIpc) is 2.49. The Labute approximate surface area is 120 Å². The first-order valence-corrected chi connectivity index (χ1v) is 6.56. The monoisotopic (exact) mass is 308 g/mol. The van der Waals surface area contributed by atoms with E-state index in [4.69, 9.17) is 19.3 Å². The van der Waals surface area contributed by atoms with Gasteiger partial charge in [-0.05, 0) is 6.08 Å². The van der Waals surface area contributed by atoms with Gasteiger partial charge in [0.2, 0.25) is 0 Å². The summed E-state index contributed by atoms with van der Waals surface area (Å²) in [7, 11) is 0. The molecular weight excluding hydrogens is 288 g/mol. The van der Waals surface area contributed by atoms with E-state index in [1.54, 1.807) is 0 Å². The summed E-state index contributed by atoms with van der Waals surface area (Å²) in [6.07, 6.45) is -7.68. The van der Waals surface area contributed by atoms with Gasteiger partial charge in [-0.25, -0.2) is 0 Å². The maximum atomic E-state index is 9.85. The minimum absolute atomic E-state index is 0.441. The van der Waals surface area contributed by atoms with Gasteiger partial charge in [-0.15, -0.1) is 0 Å². The van der Waals surface area contributed by atoms with Crippen LogP contribution in [0.15, 0.2) is 12.3 Å². The normalized spacial score (nSPS) is 47.1. The lowest BCUT2D eigenvalue weighted by Gasteiger charge is -2.42.